The number of nitrogens with zero attached hydrogens (tertiary/aromatic N) is 2. The summed E-state index contributed by atoms with van der Waals surface area (Å²) < 4.78 is 29.0. The van der Waals surface area contributed by atoms with Crippen molar-refractivity contribution in [1.29, 1.82) is 0 Å². The molecule has 30 heavy (non-hydrogen) atoms. The summed E-state index contributed by atoms with van der Waals surface area (Å²) in [4.78, 5) is 18.2. The molecule has 2 aromatic carbocycles. The first-order valence-electron chi connectivity index (χ1n) is 9.83. The molecule has 0 saturated heterocycles. The van der Waals surface area contributed by atoms with E-state index >= 15 is 0 Å². The average molecular weight is 495 g/mol. The molecule has 2 atom stereocenters. The van der Waals surface area contributed by atoms with Gasteiger partial charge in [-0.1, -0.05) is 54.9 Å². The molecule has 1 fully saturated rings. The molecule has 1 N–H and O–H groups in total. The topological polar surface area (TPSA) is 52.9 Å². The van der Waals surface area contributed by atoms with Gasteiger partial charge >= 0.3 is 6.09 Å². The Hall–Kier alpha value is -1.93. The minimum absolute atomic E-state index is 0.0687. The van der Waals surface area contributed by atoms with Gasteiger partial charge in [0.05, 0.1) is 16.6 Å². The summed E-state index contributed by atoms with van der Waals surface area (Å²) in [6.07, 6.45) is 2.27. The Labute approximate surface area is 186 Å². The van der Waals surface area contributed by atoms with Crippen molar-refractivity contribution in [2.24, 2.45) is 10.9 Å². The highest BCUT2D eigenvalue weighted by Crippen LogP contribution is 2.51. The van der Waals surface area contributed by atoms with Crippen LogP contribution >= 0.6 is 27.7 Å². The van der Waals surface area contributed by atoms with E-state index in [2.05, 4.69) is 15.9 Å². The van der Waals surface area contributed by atoms with Gasteiger partial charge in [0.25, 0.3) is 0 Å². The fourth-order valence-corrected chi connectivity index (χ4v) is 6.03. The average Bonchev–Trinajstić information content (AvgIpc) is 2.74. The fraction of sp³-hybridized carbons (Fsp3) is 0.364. The van der Waals surface area contributed by atoms with Gasteiger partial charge in [-0.3, -0.25) is 9.89 Å². The Morgan fingerprint density at radius 1 is 1.23 bits per heavy atom. The minimum atomic E-state index is -1.10. The molecule has 0 aromatic heterocycles. The number of aliphatic imine (C=N–C) groups is 1. The summed E-state index contributed by atoms with van der Waals surface area (Å²) in [5.74, 6) is -0.585. The lowest BCUT2D eigenvalue weighted by Crippen LogP contribution is -2.46. The molecule has 0 radical (unpaired) electrons. The van der Waals surface area contributed by atoms with Gasteiger partial charge in [-0.25, -0.2) is 13.6 Å². The Kier molecular flexibility index (Phi) is 6.16. The molecule has 158 valence electrons. The number of carbonyl (C=O) groups is 1. The van der Waals surface area contributed by atoms with E-state index < -0.39 is 23.3 Å². The van der Waals surface area contributed by atoms with Gasteiger partial charge in [-0.2, -0.15) is 0 Å². The summed E-state index contributed by atoms with van der Waals surface area (Å²) in [5.41, 5.74) is 0.297. The predicted molar refractivity (Wildman–Crippen MR) is 118 cm³/mol. The Morgan fingerprint density at radius 3 is 2.73 bits per heavy atom. The van der Waals surface area contributed by atoms with Crippen molar-refractivity contribution in [3.05, 3.63) is 69.7 Å². The molecule has 0 bridgehead atoms. The van der Waals surface area contributed by atoms with Crippen molar-refractivity contribution in [2.45, 2.75) is 37.8 Å². The van der Waals surface area contributed by atoms with Crippen LogP contribution in [-0.2, 0) is 12.1 Å². The van der Waals surface area contributed by atoms with Crippen LogP contribution in [0.1, 0.15) is 36.8 Å². The molecule has 8 heteroatoms. The van der Waals surface area contributed by atoms with Gasteiger partial charge in [0.1, 0.15) is 11.6 Å². The largest absolute Gasteiger partial charge is 0.465 e. The number of thioether (sulfide) groups is 1. The number of rotatable bonds is 3. The van der Waals surface area contributed by atoms with Crippen LogP contribution in [0.25, 0.3) is 0 Å². The maximum absolute atomic E-state index is 14.9. The zero-order valence-corrected chi connectivity index (χ0v) is 18.6. The van der Waals surface area contributed by atoms with Gasteiger partial charge in [-0.15, -0.1) is 0 Å². The molecule has 2 aliphatic rings. The molecule has 0 spiro atoms. The Morgan fingerprint density at radius 2 is 2.00 bits per heavy atom. The highest BCUT2D eigenvalue weighted by Gasteiger charge is 2.47. The summed E-state index contributed by atoms with van der Waals surface area (Å²) >= 11 is 4.57. The normalized spacial score (nSPS) is 23.4. The molecule has 2 aromatic rings. The molecule has 0 unspecified atom stereocenters. The number of amidine groups is 1. The predicted octanol–water partition coefficient (Wildman–Crippen LogP) is 6.40. The monoisotopic (exact) mass is 494 g/mol. The van der Waals surface area contributed by atoms with Crippen LogP contribution in [0.4, 0.5) is 13.6 Å². The number of halogens is 3. The van der Waals surface area contributed by atoms with Crippen molar-refractivity contribution >= 4 is 39.0 Å². The number of benzene rings is 2. The number of carboxylic acid groups (broad SMARTS) is 1. The highest BCUT2D eigenvalue weighted by molar-refractivity contribution is 9.10. The zero-order valence-electron chi connectivity index (χ0n) is 16.2. The molecule has 4 nitrogen and oxygen atoms in total. The molecule has 1 aliphatic heterocycles. The molecular formula is C22H21BrF2N2O2S. The second kappa shape index (κ2) is 8.67. The quantitative estimate of drug-likeness (QED) is 0.502. The highest BCUT2D eigenvalue weighted by atomic mass is 79.9. The van der Waals surface area contributed by atoms with Gasteiger partial charge in [0.15, 0.2) is 5.17 Å². The van der Waals surface area contributed by atoms with Crippen molar-refractivity contribution < 1.29 is 18.7 Å². The van der Waals surface area contributed by atoms with Gasteiger partial charge in [0, 0.05) is 17.4 Å². The van der Waals surface area contributed by atoms with Crippen LogP contribution < -0.4 is 0 Å². The van der Waals surface area contributed by atoms with Crippen molar-refractivity contribution in [3.8, 4) is 0 Å². The van der Waals surface area contributed by atoms with Gasteiger partial charge in [0.2, 0.25) is 0 Å². The molecular weight excluding hydrogens is 474 g/mol. The number of hydrogen-bond donors (Lipinski definition) is 1. The van der Waals surface area contributed by atoms with Crippen LogP contribution in [0.3, 0.4) is 0 Å². The smallest absolute Gasteiger partial charge is 0.413 e. The Balaban J connectivity index is 1.79. The summed E-state index contributed by atoms with van der Waals surface area (Å²) in [7, 11) is 0. The molecule has 1 aliphatic carbocycles. The van der Waals surface area contributed by atoms with Crippen LogP contribution in [-0.4, -0.2) is 27.0 Å². The lowest BCUT2D eigenvalue weighted by molar-refractivity contribution is 0.165. The summed E-state index contributed by atoms with van der Waals surface area (Å²) in [6, 6.07) is 11.7. The summed E-state index contributed by atoms with van der Waals surface area (Å²) in [5, 5.41) is 10.2. The maximum atomic E-state index is 14.9. The van der Waals surface area contributed by atoms with E-state index in [0.717, 1.165) is 30.9 Å². The first kappa shape index (κ1) is 21.3. The SMILES string of the molecule is O=C(O)N(Cc1ccccc1)C1=N[C@@]2(c3cc(Br)c(F)cc3F)CCCC[C@H]2CS1. The number of fused-ring (bicyclic) bond motifs is 1. The van der Waals surface area contributed by atoms with E-state index in [4.69, 9.17) is 4.99 Å². The molecule has 1 heterocycles. The minimum Gasteiger partial charge on any atom is -0.465 e. The zero-order chi connectivity index (χ0) is 21.3. The molecule has 4 rings (SSSR count). The fourth-order valence-electron chi connectivity index (χ4n) is 4.37. The van der Waals surface area contributed by atoms with Gasteiger partial charge in [-0.05, 0) is 46.3 Å². The van der Waals surface area contributed by atoms with Crippen LogP contribution in [0.2, 0.25) is 0 Å². The van der Waals surface area contributed by atoms with Crippen LogP contribution in [0, 0.1) is 17.6 Å². The third-order valence-electron chi connectivity index (χ3n) is 5.87. The van der Waals surface area contributed by atoms with Crippen molar-refractivity contribution in [3.63, 3.8) is 0 Å². The third kappa shape index (κ3) is 3.99. The number of hydrogen-bond acceptors (Lipinski definition) is 3. The standard InChI is InChI=1S/C22H21BrF2N2O2S/c23-17-10-16(18(24)11-19(17)25)22-9-5-4-8-15(22)13-30-20(26-22)27(21(28)29)12-14-6-2-1-3-7-14/h1-3,6-7,10-11,15H,4-5,8-9,12-13H2,(H,28,29)/t15-,22-/m0/s1. The maximum Gasteiger partial charge on any atom is 0.413 e. The Bertz CT molecular complexity index is 989. The lowest BCUT2D eigenvalue weighted by atomic mass is 9.69. The van der Waals surface area contributed by atoms with E-state index in [9.17, 15) is 18.7 Å². The van der Waals surface area contributed by atoms with E-state index in [-0.39, 0.29) is 16.9 Å². The van der Waals surface area contributed by atoms with Crippen LogP contribution in [0.5, 0.6) is 0 Å². The van der Waals surface area contributed by atoms with E-state index in [1.54, 1.807) is 0 Å². The lowest BCUT2D eigenvalue weighted by Gasteiger charge is -2.45. The molecule has 1 amide bonds. The molecule has 1 saturated carbocycles. The van der Waals surface area contributed by atoms with Crippen LogP contribution in [0.15, 0.2) is 51.9 Å². The van der Waals surface area contributed by atoms with Crippen molar-refractivity contribution in [2.75, 3.05) is 5.75 Å². The van der Waals surface area contributed by atoms with E-state index in [0.29, 0.717) is 22.9 Å². The van der Waals surface area contributed by atoms with E-state index in [1.807, 2.05) is 30.3 Å². The summed E-state index contributed by atoms with van der Waals surface area (Å²) in [6.45, 7) is 0.165. The first-order valence-corrected chi connectivity index (χ1v) is 11.6. The number of amides is 1. The first-order chi connectivity index (χ1) is 14.4. The van der Waals surface area contributed by atoms with Gasteiger partial charge < -0.3 is 5.11 Å². The van der Waals surface area contributed by atoms with Crippen molar-refractivity contribution in [1.82, 2.24) is 4.90 Å². The third-order valence-corrected chi connectivity index (χ3v) is 7.61. The van der Waals surface area contributed by atoms with E-state index in [1.165, 1.54) is 22.7 Å². The second-order valence-corrected chi connectivity index (χ2v) is 9.51. The second-order valence-electron chi connectivity index (χ2n) is 7.67.